The number of rotatable bonds is 5. The van der Waals surface area contributed by atoms with E-state index in [1.54, 1.807) is 0 Å². The molecular formula is C9H16O4. The second-order valence-electron chi connectivity index (χ2n) is 3.07. The third-order valence-corrected chi connectivity index (χ3v) is 2.08. The summed E-state index contributed by atoms with van der Waals surface area (Å²) in [7, 11) is 0. The van der Waals surface area contributed by atoms with Crippen LogP contribution >= 0.6 is 0 Å². The zero-order valence-corrected chi connectivity index (χ0v) is 8.12. The molecule has 0 saturated carbocycles. The van der Waals surface area contributed by atoms with Crippen molar-refractivity contribution in [3.05, 3.63) is 0 Å². The zero-order valence-electron chi connectivity index (χ0n) is 8.12. The highest BCUT2D eigenvalue weighted by Gasteiger charge is 2.25. The maximum Gasteiger partial charge on any atom is 0.508 e. The summed E-state index contributed by atoms with van der Waals surface area (Å²) < 4.78 is 15.0. The van der Waals surface area contributed by atoms with Crippen LogP contribution in [-0.4, -0.2) is 31.6 Å². The first kappa shape index (κ1) is 10.3. The van der Waals surface area contributed by atoms with Gasteiger partial charge in [-0.3, -0.25) is 0 Å². The van der Waals surface area contributed by atoms with E-state index in [1.165, 1.54) is 0 Å². The monoisotopic (exact) mass is 188 g/mol. The van der Waals surface area contributed by atoms with Crippen LogP contribution in [-0.2, 0) is 14.2 Å². The van der Waals surface area contributed by atoms with Gasteiger partial charge in [-0.05, 0) is 12.8 Å². The van der Waals surface area contributed by atoms with Crippen LogP contribution in [0.2, 0.25) is 0 Å². The Balaban J connectivity index is 2.14. The minimum atomic E-state index is -0.585. The summed E-state index contributed by atoms with van der Waals surface area (Å²) >= 11 is 0. The molecule has 0 N–H and O–H groups in total. The zero-order chi connectivity index (χ0) is 9.68. The van der Waals surface area contributed by atoms with E-state index in [1.807, 2.05) is 0 Å². The maximum absolute atomic E-state index is 10.5. The van der Waals surface area contributed by atoms with Gasteiger partial charge < -0.3 is 14.2 Å². The van der Waals surface area contributed by atoms with E-state index in [9.17, 15) is 4.79 Å². The molecule has 1 aliphatic rings. The van der Waals surface area contributed by atoms with Gasteiger partial charge in [0, 0.05) is 0 Å². The molecule has 0 amide bonds. The van der Waals surface area contributed by atoms with Crippen LogP contribution in [0.4, 0.5) is 4.79 Å². The molecule has 1 rings (SSSR count). The Bertz CT molecular complexity index is 165. The van der Waals surface area contributed by atoms with Gasteiger partial charge in [0.25, 0.3) is 0 Å². The number of hydrogen-bond acceptors (Lipinski definition) is 4. The number of ether oxygens (including phenoxy) is 3. The fraction of sp³-hybridized carbons (Fsp3) is 0.889. The first-order valence-electron chi connectivity index (χ1n) is 4.71. The lowest BCUT2D eigenvalue weighted by molar-refractivity contribution is -0.00336. The smallest absolute Gasteiger partial charge is 0.430 e. The van der Waals surface area contributed by atoms with Gasteiger partial charge >= 0.3 is 6.16 Å². The van der Waals surface area contributed by atoms with E-state index >= 15 is 0 Å². The molecule has 0 radical (unpaired) electrons. The van der Waals surface area contributed by atoms with Crippen molar-refractivity contribution < 1.29 is 19.0 Å². The largest absolute Gasteiger partial charge is 0.508 e. The van der Waals surface area contributed by atoms with Crippen molar-refractivity contribution in [3.63, 3.8) is 0 Å². The molecule has 13 heavy (non-hydrogen) atoms. The minimum absolute atomic E-state index is 0.215. The van der Waals surface area contributed by atoms with Gasteiger partial charge in [-0.25, -0.2) is 4.79 Å². The molecule has 1 fully saturated rings. The van der Waals surface area contributed by atoms with Crippen LogP contribution in [0.15, 0.2) is 0 Å². The Morgan fingerprint density at radius 3 is 2.69 bits per heavy atom. The minimum Gasteiger partial charge on any atom is -0.430 e. The van der Waals surface area contributed by atoms with Gasteiger partial charge in [-0.15, -0.1) is 0 Å². The van der Waals surface area contributed by atoms with Crippen molar-refractivity contribution in [2.45, 2.75) is 38.9 Å². The van der Waals surface area contributed by atoms with Gasteiger partial charge in [-0.1, -0.05) is 13.8 Å². The van der Waals surface area contributed by atoms with Crippen LogP contribution in [0.1, 0.15) is 26.7 Å². The highest BCUT2D eigenvalue weighted by molar-refractivity contribution is 5.61. The first-order valence-corrected chi connectivity index (χ1v) is 4.71. The Hall–Kier alpha value is -0.770. The molecule has 4 nitrogen and oxygen atoms in total. The lowest BCUT2D eigenvalue weighted by Crippen LogP contribution is -2.22. The van der Waals surface area contributed by atoms with Gasteiger partial charge in [0.15, 0.2) is 6.10 Å². The summed E-state index contributed by atoms with van der Waals surface area (Å²) in [6.45, 7) is 4.91. The van der Waals surface area contributed by atoms with Crippen LogP contribution < -0.4 is 0 Å². The number of cyclic esters (lactones) is 2. The molecule has 1 heterocycles. The number of carbonyl (C=O) groups is 1. The summed E-state index contributed by atoms with van der Waals surface area (Å²) in [6, 6.07) is 0. The van der Waals surface area contributed by atoms with Crippen molar-refractivity contribution in [2.24, 2.45) is 0 Å². The first-order chi connectivity index (χ1) is 6.26. The van der Waals surface area contributed by atoms with Crippen molar-refractivity contribution >= 4 is 6.16 Å². The van der Waals surface area contributed by atoms with E-state index < -0.39 is 6.16 Å². The molecule has 0 aromatic carbocycles. The van der Waals surface area contributed by atoms with Gasteiger partial charge in [0.1, 0.15) is 6.61 Å². The molecule has 76 valence electrons. The van der Waals surface area contributed by atoms with E-state index in [4.69, 9.17) is 9.47 Å². The lowest BCUT2D eigenvalue weighted by Gasteiger charge is -2.15. The highest BCUT2D eigenvalue weighted by atomic mass is 16.8. The summed E-state index contributed by atoms with van der Waals surface area (Å²) in [5.41, 5.74) is 0. The molecule has 1 saturated heterocycles. The molecule has 0 spiro atoms. The summed E-state index contributed by atoms with van der Waals surface area (Å²) in [5.74, 6) is 0. The fourth-order valence-electron chi connectivity index (χ4n) is 1.22. The summed E-state index contributed by atoms with van der Waals surface area (Å²) in [6.07, 6.45) is 1.43. The normalized spacial score (nSPS) is 21.8. The second kappa shape index (κ2) is 5.07. The third kappa shape index (κ3) is 3.22. The summed E-state index contributed by atoms with van der Waals surface area (Å²) in [4.78, 5) is 10.5. The van der Waals surface area contributed by atoms with Crippen molar-refractivity contribution in [1.82, 2.24) is 0 Å². The Kier molecular flexibility index (Phi) is 4.02. The van der Waals surface area contributed by atoms with E-state index in [2.05, 4.69) is 18.6 Å². The predicted molar refractivity (Wildman–Crippen MR) is 46.5 cm³/mol. The van der Waals surface area contributed by atoms with Crippen molar-refractivity contribution in [3.8, 4) is 0 Å². The average Bonchev–Trinajstić information content (AvgIpc) is 2.53. The topological polar surface area (TPSA) is 44.8 Å². The molecular weight excluding hydrogens is 172 g/mol. The Morgan fingerprint density at radius 2 is 2.23 bits per heavy atom. The average molecular weight is 188 g/mol. The van der Waals surface area contributed by atoms with Crippen LogP contribution in [0.3, 0.4) is 0 Å². The fourth-order valence-corrected chi connectivity index (χ4v) is 1.22. The maximum atomic E-state index is 10.5. The predicted octanol–water partition coefficient (Wildman–Crippen LogP) is 1.73. The molecule has 0 aromatic rings. The van der Waals surface area contributed by atoms with Crippen LogP contribution in [0.25, 0.3) is 0 Å². The highest BCUT2D eigenvalue weighted by Crippen LogP contribution is 2.09. The Morgan fingerprint density at radius 1 is 1.54 bits per heavy atom. The van der Waals surface area contributed by atoms with Crippen LogP contribution in [0.5, 0.6) is 0 Å². The SMILES string of the molecule is CCC(CC)OCC1COC(=O)O1. The summed E-state index contributed by atoms with van der Waals surface area (Å²) in [5, 5.41) is 0. The standard InChI is InChI=1S/C9H16O4/c1-3-7(4-2)11-5-8-6-12-9(10)13-8/h7-8H,3-6H2,1-2H3. The molecule has 0 bridgehead atoms. The molecule has 1 atom stereocenters. The third-order valence-electron chi connectivity index (χ3n) is 2.08. The van der Waals surface area contributed by atoms with Crippen LogP contribution in [0, 0.1) is 0 Å². The number of carbonyl (C=O) groups excluding carboxylic acids is 1. The van der Waals surface area contributed by atoms with Gasteiger partial charge in [0.2, 0.25) is 0 Å². The van der Waals surface area contributed by atoms with E-state index in [0.29, 0.717) is 13.2 Å². The van der Waals surface area contributed by atoms with E-state index in [0.717, 1.165) is 12.8 Å². The number of hydrogen-bond donors (Lipinski definition) is 0. The quantitative estimate of drug-likeness (QED) is 0.616. The van der Waals surface area contributed by atoms with Gasteiger partial charge in [-0.2, -0.15) is 0 Å². The second-order valence-corrected chi connectivity index (χ2v) is 3.07. The Labute approximate surface area is 78.2 Å². The van der Waals surface area contributed by atoms with Gasteiger partial charge in [0.05, 0.1) is 12.7 Å². The van der Waals surface area contributed by atoms with E-state index in [-0.39, 0.29) is 12.2 Å². The molecule has 0 aromatic heterocycles. The molecule has 4 heteroatoms. The van der Waals surface area contributed by atoms with Crippen molar-refractivity contribution in [1.29, 1.82) is 0 Å². The van der Waals surface area contributed by atoms with Crippen molar-refractivity contribution in [2.75, 3.05) is 13.2 Å². The molecule has 0 aliphatic carbocycles. The molecule has 1 aliphatic heterocycles. The lowest BCUT2D eigenvalue weighted by atomic mass is 10.2. The molecule has 1 unspecified atom stereocenters.